The number of rotatable bonds is 1. The van der Waals surface area contributed by atoms with Crippen LogP contribution in [0.3, 0.4) is 0 Å². The lowest BCUT2D eigenvalue weighted by Gasteiger charge is -2.23. The Morgan fingerprint density at radius 2 is 2.00 bits per heavy atom. The molecule has 1 aromatic carbocycles. The average Bonchev–Trinajstić information content (AvgIpc) is 3.05. The third-order valence-corrected chi connectivity index (χ3v) is 5.48. The monoisotopic (exact) mass is 361 g/mol. The third kappa shape index (κ3) is 1.83. The largest absolute Gasteiger partial charge is 0.251 e. The molecule has 1 aliphatic heterocycles. The Bertz CT molecular complexity index is 618. The minimum absolute atomic E-state index is 0.547. The molecule has 1 heterocycles. The van der Waals surface area contributed by atoms with Gasteiger partial charge < -0.3 is 0 Å². The molecule has 0 spiro atoms. The summed E-state index contributed by atoms with van der Waals surface area (Å²) in [4.78, 5) is 4.95. The van der Waals surface area contributed by atoms with Crippen molar-refractivity contribution in [2.45, 2.75) is 25.7 Å². The van der Waals surface area contributed by atoms with Crippen molar-refractivity contribution in [1.82, 2.24) is 0 Å². The van der Waals surface area contributed by atoms with Crippen molar-refractivity contribution in [1.29, 1.82) is 0 Å². The summed E-state index contributed by atoms with van der Waals surface area (Å²) in [6, 6.07) is 6.44. The van der Waals surface area contributed by atoms with Crippen LogP contribution in [0.15, 0.2) is 41.4 Å². The highest BCUT2D eigenvalue weighted by Crippen LogP contribution is 2.45. The summed E-state index contributed by atoms with van der Waals surface area (Å²) < 4.78 is 1.32. The zero-order valence-electron chi connectivity index (χ0n) is 10.8. The van der Waals surface area contributed by atoms with E-state index >= 15 is 0 Å². The molecule has 0 aromatic heterocycles. The topological polar surface area (TPSA) is 12.4 Å². The molecular formula is C17H16IN. The van der Waals surface area contributed by atoms with Gasteiger partial charge in [-0.15, -0.1) is 0 Å². The highest BCUT2D eigenvalue weighted by Gasteiger charge is 2.34. The van der Waals surface area contributed by atoms with Crippen LogP contribution in [-0.2, 0) is 0 Å². The van der Waals surface area contributed by atoms with Crippen LogP contribution in [0, 0.1) is 15.4 Å². The Kier molecular flexibility index (Phi) is 2.87. The highest BCUT2D eigenvalue weighted by molar-refractivity contribution is 14.1. The molecule has 0 radical (unpaired) electrons. The molecule has 0 N–H and O–H groups in total. The number of benzene rings is 1. The molecule has 1 saturated carbocycles. The summed E-state index contributed by atoms with van der Waals surface area (Å²) >= 11 is 2.43. The van der Waals surface area contributed by atoms with E-state index in [0.29, 0.717) is 5.92 Å². The van der Waals surface area contributed by atoms with Crippen LogP contribution < -0.4 is 0 Å². The predicted octanol–water partition coefficient (Wildman–Crippen LogP) is 5.14. The van der Waals surface area contributed by atoms with Crippen LogP contribution in [0.25, 0.3) is 5.57 Å². The standard InChI is InChI=1S/C17H16IN/c18-14-9-4-10-15-16(14)13-8-3-7-12(17(13)19-15)11-5-1-2-6-11/h3-4,7-12H,1-2,5-6H2. The Labute approximate surface area is 127 Å². The van der Waals surface area contributed by atoms with Gasteiger partial charge in [0.1, 0.15) is 0 Å². The summed E-state index contributed by atoms with van der Waals surface area (Å²) in [5, 5.41) is 0. The number of aliphatic imine (C=N–C) groups is 1. The lowest BCUT2D eigenvalue weighted by Crippen LogP contribution is -2.21. The summed E-state index contributed by atoms with van der Waals surface area (Å²) in [6.45, 7) is 0. The fourth-order valence-electron chi connectivity index (χ4n) is 3.67. The first kappa shape index (κ1) is 11.9. The number of nitrogens with zero attached hydrogens (tertiary/aromatic N) is 1. The molecule has 0 amide bonds. The molecule has 3 aliphatic rings. The Morgan fingerprint density at radius 1 is 1.16 bits per heavy atom. The number of allylic oxidation sites excluding steroid dienone is 4. The van der Waals surface area contributed by atoms with Gasteiger partial charge in [0.05, 0.1) is 11.4 Å². The van der Waals surface area contributed by atoms with E-state index in [1.165, 1.54) is 51.8 Å². The van der Waals surface area contributed by atoms with Crippen LogP contribution in [-0.4, -0.2) is 5.71 Å². The molecule has 1 atom stereocenters. The van der Waals surface area contributed by atoms with Gasteiger partial charge in [-0.25, -0.2) is 0 Å². The first-order chi connectivity index (χ1) is 9.34. The van der Waals surface area contributed by atoms with E-state index in [4.69, 9.17) is 4.99 Å². The van der Waals surface area contributed by atoms with Crippen molar-refractivity contribution in [3.05, 3.63) is 45.6 Å². The van der Waals surface area contributed by atoms with Gasteiger partial charge in [-0.1, -0.05) is 37.1 Å². The van der Waals surface area contributed by atoms with Crippen LogP contribution in [0.4, 0.5) is 5.69 Å². The lowest BCUT2D eigenvalue weighted by molar-refractivity contribution is 0.492. The third-order valence-electron chi connectivity index (χ3n) is 4.58. The van der Waals surface area contributed by atoms with Gasteiger partial charge in [0.15, 0.2) is 0 Å². The van der Waals surface area contributed by atoms with Gasteiger partial charge >= 0.3 is 0 Å². The second kappa shape index (κ2) is 4.58. The molecule has 1 fully saturated rings. The van der Waals surface area contributed by atoms with Gasteiger partial charge in [0.25, 0.3) is 0 Å². The van der Waals surface area contributed by atoms with Crippen LogP contribution in [0.2, 0.25) is 0 Å². The number of halogens is 1. The van der Waals surface area contributed by atoms with Crippen molar-refractivity contribution in [3.8, 4) is 0 Å². The second-order valence-electron chi connectivity index (χ2n) is 5.67. The molecular weight excluding hydrogens is 345 g/mol. The molecule has 4 rings (SSSR count). The summed E-state index contributed by atoms with van der Waals surface area (Å²) in [5.74, 6) is 1.36. The van der Waals surface area contributed by atoms with E-state index in [0.717, 1.165) is 5.92 Å². The van der Waals surface area contributed by atoms with Crippen molar-refractivity contribution in [2.75, 3.05) is 0 Å². The van der Waals surface area contributed by atoms with Gasteiger partial charge in [0.2, 0.25) is 0 Å². The van der Waals surface area contributed by atoms with Gasteiger partial charge in [0, 0.05) is 20.6 Å². The molecule has 1 aromatic rings. The molecule has 1 nitrogen and oxygen atoms in total. The van der Waals surface area contributed by atoms with Gasteiger partial charge in [-0.05, 0) is 53.5 Å². The fourth-order valence-corrected chi connectivity index (χ4v) is 4.45. The maximum absolute atomic E-state index is 4.95. The Hall–Kier alpha value is -0.900. The quantitative estimate of drug-likeness (QED) is 0.615. The minimum Gasteiger partial charge on any atom is -0.251 e. The van der Waals surface area contributed by atoms with Crippen LogP contribution >= 0.6 is 22.6 Å². The second-order valence-corrected chi connectivity index (χ2v) is 6.83. The maximum atomic E-state index is 4.95. The van der Waals surface area contributed by atoms with Crippen molar-refractivity contribution in [2.24, 2.45) is 16.8 Å². The zero-order valence-corrected chi connectivity index (χ0v) is 12.9. The molecule has 96 valence electrons. The SMILES string of the molecule is Ic1cccc2c1C1=CC=CC(C3CCCC3)C1=N2. The first-order valence-corrected chi connectivity index (χ1v) is 8.19. The van der Waals surface area contributed by atoms with E-state index in [2.05, 4.69) is 59.0 Å². The molecule has 0 bridgehead atoms. The van der Waals surface area contributed by atoms with Crippen molar-refractivity contribution >= 4 is 39.6 Å². The number of hydrogen-bond donors (Lipinski definition) is 0. The maximum Gasteiger partial charge on any atom is 0.0723 e. The Morgan fingerprint density at radius 3 is 2.84 bits per heavy atom. The summed E-state index contributed by atoms with van der Waals surface area (Å²) in [5.41, 5.74) is 5.22. The molecule has 0 saturated heterocycles. The zero-order chi connectivity index (χ0) is 12.8. The minimum atomic E-state index is 0.547. The van der Waals surface area contributed by atoms with Crippen LogP contribution in [0.5, 0.6) is 0 Å². The van der Waals surface area contributed by atoms with Crippen LogP contribution in [0.1, 0.15) is 31.2 Å². The van der Waals surface area contributed by atoms with E-state index in [9.17, 15) is 0 Å². The Balaban J connectivity index is 1.79. The lowest BCUT2D eigenvalue weighted by atomic mass is 9.80. The molecule has 1 unspecified atom stereocenters. The van der Waals surface area contributed by atoms with Gasteiger partial charge in [-0.3, -0.25) is 4.99 Å². The fraction of sp³-hybridized carbons (Fsp3) is 0.353. The molecule has 2 heteroatoms. The van der Waals surface area contributed by atoms with Crippen molar-refractivity contribution in [3.63, 3.8) is 0 Å². The normalized spacial score (nSPS) is 25.0. The van der Waals surface area contributed by atoms with E-state index < -0.39 is 0 Å². The average molecular weight is 361 g/mol. The summed E-state index contributed by atoms with van der Waals surface area (Å²) in [7, 11) is 0. The van der Waals surface area contributed by atoms with E-state index in [1.807, 2.05) is 0 Å². The smallest absolute Gasteiger partial charge is 0.0723 e. The van der Waals surface area contributed by atoms with E-state index in [-0.39, 0.29) is 0 Å². The highest BCUT2D eigenvalue weighted by atomic mass is 127. The van der Waals surface area contributed by atoms with Crippen molar-refractivity contribution < 1.29 is 0 Å². The number of hydrogen-bond acceptors (Lipinski definition) is 1. The molecule has 19 heavy (non-hydrogen) atoms. The first-order valence-electron chi connectivity index (χ1n) is 7.11. The van der Waals surface area contributed by atoms with E-state index in [1.54, 1.807) is 0 Å². The number of fused-ring (bicyclic) bond motifs is 3. The predicted molar refractivity (Wildman–Crippen MR) is 88.8 cm³/mol. The van der Waals surface area contributed by atoms with Gasteiger partial charge in [-0.2, -0.15) is 0 Å². The summed E-state index contributed by atoms with van der Waals surface area (Å²) in [6.07, 6.45) is 12.4. The molecule has 2 aliphatic carbocycles.